The molecule has 0 radical (unpaired) electrons. The van der Waals surface area contributed by atoms with Crippen LogP contribution in [0.1, 0.15) is 31.1 Å². The van der Waals surface area contributed by atoms with E-state index in [1.165, 1.54) is 18.2 Å². The fourth-order valence-electron chi connectivity index (χ4n) is 4.36. The number of hydrogen-bond donors (Lipinski definition) is 1. The van der Waals surface area contributed by atoms with Gasteiger partial charge in [0.05, 0.1) is 5.39 Å². The average Bonchev–Trinajstić information content (AvgIpc) is 2.93. The maximum absolute atomic E-state index is 14.0. The first-order valence-electron chi connectivity index (χ1n) is 12.5. The van der Waals surface area contributed by atoms with E-state index in [0.717, 1.165) is 16.8 Å². The molecule has 0 spiro atoms. The van der Waals surface area contributed by atoms with Gasteiger partial charge < -0.3 is 19.2 Å². The molecule has 9 heteroatoms. The number of benzene rings is 4. The van der Waals surface area contributed by atoms with Crippen LogP contribution in [0.2, 0.25) is 0 Å². The fraction of sp³-hybridized carbons (Fsp3) is 0.161. The van der Waals surface area contributed by atoms with Crippen molar-refractivity contribution in [2.45, 2.75) is 25.9 Å². The zero-order valence-corrected chi connectivity index (χ0v) is 21.5. The summed E-state index contributed by atoms with van der Waals surface area (Å²) in [4.78, 5) is 25.7. The molecule has 5 aromatic rings. The highest BCUT2D eigenvalue weighted by atomic mass is 19.4. The zero-order chi connectivity index (χ0) is 28.4. The van der Waals surface area contributed by atoms with Crippen molar-refractivity contribution in [1.82, 2.24) is 0 Å². The number of nitrogens with one attached hydrogen (secondary N) is 1. The van der Waals surface area contributed by atoms with Crippen molar-refractivity contribution in [3.05, 3.63) is 106 Å². The molecule has 0 saturated heterocycles. The van der Waals surface area contributed by atoms with Gasteiger partial charge in [0.2, 0.25) is 11.2 Å². The molecule has 0 fully saturated rings. The summed E-state index contributed by atoms with van der Waals surface area (Å²) in [6, 6.07) is 23.4. The Labute approximate surface area is 226 Å². The highest BCUT2D eigenvalue weighted by molar-refractivity contribution is 6.02. The minimum Gasteiger partial charge on any atom is -0.484 e. The molecule has 0 aliphatic rings. The summed E-state index contributed by atoms with van der Waals surface area (Å²) < 4.78 is 58.2. The highest BCUT2D eigenvalue weighted by Gasteiger charge is 2.40. The predicted molar refractivity (Wildman–Crippen MR) is 146 cm³/mol. The van der Waals surface area contributed by atoms with Crippen LogP contribution in [0.4, 0.5) is 18.9 Å². The highest BCUT2D eigenvalue weighted by Crippen LogP contribution is 2.40. The molecule has 5 rings (SSSR count). The third-order valence-corrected chi connectivity index (χ3v) is 6.27. The molecule has 1 heterocycles. The fourth-order valence-corrected chi connectivity index (χ4v) is 4.36. The largest absolute Gasteiger partial charge is 0.484 e. The van der Waals surface area contributed by atoms with Crippen molar-refractivity contribution in [1.29, 1.82) is 0 Å². The molecule has 0 unspecified atom stereocenters. The summed E-state index contributed by atoms with van der Waals surface area (Å²) in [7, 11) is 0. The van der Waals surface area contributed by atoms with E-state index in [4.69, 9.17) is 13.9 Å². The first-order valence-corrected chi connectivity index (χ1v) is 12.5. The van der Waals surface area contributed by atoms with Crippen LogP contribution in [0.15, 0.2) is 94.1 Å². The Kier molecular flexibility index (Phi) is 7.21. The van der Waals surface area contributed by atoms with E-state index in [2.05, 4.69) is 5.32 Å². The molecule has 1 aromatic heterocycles. The molecule has 0 bridgehead atoms. The number of para-hydroxylation sites is 1. The molecular weight excluding hydrogens is 523 g/mol. The molecule has 40 heavy (non-hydrogen) atoms. The van der Waals surface area contributed by atoms with Gasteiger partial charge in [0.15, 0.2) is 6.61 Å². The van der Waals surface area contributed by atoms with Gasteiger partial charge in [-0.2, -0.15) is 13.2 Å². The lowest BCUT2D eigenvalue weighted by atomic mass is 10.0. The number of carbonyl (C=O) groups is 1. The second-order valence-corrected chi connectivity index (χ2v) is 9.40. The number of carbonyl (C=O) groups excluding carboxylic acids is 1. The molecule has 0 aliphatic heterocycles. The molecule has 0 aliphatic carbocycles. The van der Waals surface area contributed by atoms with Crippen LogP contribution in [-0.2, 0) is 11.0 Å². The van der Waals surface area contributed by atoms with Crippen LogP contribution in [0, 0.1) is 0 Å². The third kappa shape index (κ3) is 5.49. The van der Waals surface area contributed by atoms with E-state index in [1.54, 1.807) is 24.3 Å². The van der Waals surface area contributed by atoms with Crippen LogP contribution in [0.3, 0.4) is 0 Å². The summed E-state index contributed by atoms with van der Waals surface area (Å²) in [5.41, 5.74) is -0.0978. The number of rotatable bonds is 7. The van der Waals surface area contributed by atoms with E-state index in [0.29, 0.717) is 11.3 Å². The molecule has 0 saturated carbocycles. The SMILES string of the molecule is CC(C)c1ccccc1Oc1c(C(F)(F)F)oc2cc(OCC(=O)Nc3cccc4ccccc34)ccc2c1=O. The summed E-state index contributed by atoms with van der Waals surface area (Å²) >= 11 is 0. The van der Waals surface area contributed by atoms with Gasteiger partial charge in [0.1, 0.15) is 17.1 Å². The number of ether oxygens (including phenoxy) is 2. The van der Waals surface area contributed by atoms with Gasteiger partial charge in [-0.1, -0.05) is 68.4 Å². The minimum atomic E-state index is -5.01. The normalized spacial score (nSPS) is 11.7. The Hall–Kier alpha value is -4.79. The van der Waals surface area contributed by atoms with Gasteiger partial charge in [-0.15, -0.1) is 0 Å². The summed E-state index contributed by atoms with van der Waals surface area (Å²) in [5.74, 6) is -2.86. The third-order valence-electron chi connectivity index (χ3n) is 6.27. The van der Waals surface area contributed by atoms with Gasteiger partial charge in [0, 0.05) is 17.1 Å². The predicted octanol–water partition coefficient (Wildman–Crippen LogP) is 7.90. The van der Waals surface area contributed by atoms with Gasteiger partial charge in [-0.25, -0.2) is 0 Å². The van der Waals surface area contributed by atoms with Crippen molar-refractivity contribution in [2.24, 2.45) is 0 Å². The lowest BCUT2D eigenvalue weighted by Crippen LogP contribution is -2.20. The van der Waals surface area contributed by atoms with Gasteiger partial charge >= 0.3 is 6.18 Å². The molecule has 204 valence electrons. The Bertz CT molecular complexity index is 1770. The van der Waals surface area contributed by atoms with Gasteiger partial charge in [-0.3, -0.25) is 9.59 Å². The Morgan fingerprint density at radius 1 is 0.925 bits per heavy atom. The Morgan fingerprint density at radius 2 is 1.65 bits per heavy atom. The van der Waals surface area contributed by atoms with Crippen LogP contribution >= 0.6 is 0 Å². The number of amides is 1. The van der Waals surface area contributed by atoms with Crippen molar-refractivity contribution >= 4 is 33.3 Å². The monoisotopic (exact) mass is 547 g/mol. The van der Waals surface area contributed by atoms with Crippen LogP contribution in [0.5, 0.6) is 17.2 Å². The quantitative estimate of drug-likeness (QED) is 0.224. The Balaban J connectivity index is 1.41. The standard InChI is InChI=1S/C31H24F3NO5/c1-18(2)21-10-5-6-13-25(21)39-29-28(37)23-15-14-20(16-26(23)40-30(29)31(32,33)34)38-17-27(36)35-24-12-7-9-19-8-3-4-11-22(19)24/h3-16,18H,17H2,1-2H3,(H,35,36). The van der Waals surface area contributed by atoms with Crippen molar-refractivity contribution in [3.63, 3.8) is 0 Å². The number of anilines is 1. The second-order valence-electron chi connectivity index (χ2n) is 9.40. The molecule has 1 amide bonds. The minimum absolute atomic E-state index is 0.0515. The van der Waals surface area contributed by atoms with E-state index in [-0.39, 0.29) is 28.4 Å². The summed E-state index contributed by atoms with van der Waals surface area (Å²) in [6.45, 7) is 3.30. The Morgan fingerprint density at radius 3 is 2.42 bits per heavy atom. The maximum Gasteiger partial charge on any atom is 0.453 e. The van der Waals surface area contributed by atoms with Crippen molar-refractivity contribution < 1.29 is 31.9 Å². The lowest BCUT2D eigenvalue weighted by Gasteiger charge is -2.16. The van der Waals surface area contributed by atoms with E-state index in [9.17, 15) is 22.8 Å². The zero-order valence-electron chi connectivity index (χ0n) is 21.5. The summed E-state index contributed by atoms with van der Waals surface area (Å²) in [6.07, 6.45) is -5.01. The maximum atomic E-state index is 14.0. The second kappa shape index (κ2) is 10.8. The number of alkyl halides is 3. The van der Waals surface area contributed by atoms with Crippen molar-refractivity contribution in [2.75, 3.05) is 11.9 Å². The molecule has 1 N–H and O–H groups in total. The van der Waals surface area contributed by atoms with E-state index >= 15 is 0 Å². The van der Waals surface area contributed by atoms with E-state index in [1.807, 2.05) is 50.2 Å². The molecule has 4 aromatic carbocycles. The average molecular weight is 548 g/mol. The van der Waals surface area contributed by atoms with Crippen LogP contribution in [0.25, 0.3) is 21.7 Å². The molecular formula is C31H24F3NO5. The number of fused-ring (bicyclic) bond motifs is 2. The molecule has 0 atom stereocenters. The number of hydrogen-bond acceptors (Lipinski definition) is 5. The van der Waals surface area contributed by atoms with Crippen molar-refractivity contribution in [3.8, 4) is 17.2 Å². The smallest absolute Gasteiger partial charge is 0.453 e. The summed E-state index contributed by atoms with van der Waals surface area (Å²) in [5, 5.41) is 4.44. The topological polar surface area (TPSA) is 77.8 Å². The van der Waals surface area contributed by atoms with Crippen LogP contribution in [-0.4, -0.2) is 12.5 Å². The van der Waals surface area contributed by atoms with Crippen LogP contribution < -0.4 is 20.2 Å². The molecule has 6 nitrogen and oxygen atoms in total. The van der Waals surface area contributed by atoms with E-state index < -0.39 is 35.6 Å². The first-order chi connectivity index (χ1) is 19.1. The first kappa shape index (κ1) is 26.8. The lowest BCUT2D eigenvalue weighted by molar-refractivity contribution is -0.154. The van der Waals surface area contributed by atoms with Gasteiger partial charge in [0.25, 0.3) is 11.7 Å². The number of halogens is 3. The van der Waals surface area contributed by atoms with Gasteiger partial charge in [-0.05, 0) is 41.1 Å².